The van der Waals surface area contributed by atoms with Crippen molar-refractivity contribution in [1.29, 1.82) is 0 Å². The van der Waals surface area contributed by atoms with Crippen LogP contribution in [0.3, 0.4) is 0 Å². The van der Waals surface area contributed by atoms with E-state index in [-0.39, 0.29) is 0 Å². The highest BCUT2D eigenvalue weighted by Gasteiger charge is 2.20. The Bertz CT molecular complexity index is 474. The number of hydrogen-bond donors (Lipinski definition) is 1. The molecular weight excluding hydrogens is 300 g/mol. The Morgan fingerprint density at radius 1 is 1.21 bits per heavy atom. The largest absolute Gasteiger partial charge is 0.491 e. The van der Waals surface area contributed by atoms with E-state index >= 15 is 0 Å². The Morgan fingerprint density at radius 3 is 2.67 bits per heavy atom. The summed E-state index contributed by atoms with van der Waals surface area (Å²) in [5, 5.41) is 10.3. The van der Waals surface area contributed by atoms with Crippen molar-refractivity contribution in [1.82, 2.24) is 9.80 Å². The molecule has 24 heavy (non-hydrogen) atoms. The molecule has 1 aromatic rings. The second-order valence-electron chi connectivity index (χ2n) is 7.17. The number of ether oxygens (including phenoxy) is 1. The molecule has 0 aliphatic heterocycles. The van der Waals surface area contributed by atoms with Crippen LogP contribution >= 0.6 is 0 Å². The van der Waals surface area contributed by atoms with Crippen molar-refractivity contribution < 1.29 is 9.84 Å². The molecule has 1 aliphatic carbocycles. The molecule has 2 rings (SSSR count). The Balaban J connectivity index is 1.76. The van der Waals surface area contributed by atoms with E-state index < -0.39 is 6.10 Å². The van der Waals surface area contributed by atoms with Gasteiger partial charge in [0.2, 0.25) is 0 Å². The monoisotopic (exact) mass is 334 g/mol. The highest BCUT2D eigenvalue weighted by molar-refractivity contribution is 5.28. The van der Waals surface area contributed by atoms with E-state index in [4.69, 9.17) is 4.74 Å². The van der Waals surface area contributed by atoms with E-state index in [0.29, 0.717) is 19.2 Å². The molecule has 4 nitrogen and oxygen atoms in total. The first kappa shape index (κ1) is 19.2. The maximum atomic E-state index is 10.3. The Hall–Kier alpha value is -1.10. The predicted octanol–water partition coefficient (Wildman–Crippen LogP) is 3.14. The fraction of sp³-hybridized carbons (Fsp3) is 0.700. The first-order chi connectivity index (χ1) is 11.6. The van der Waals surface area contributed by atoms with Crippen molar-refractivity contribution in [3.63, 3.8) is 0 Å². The molecule has 4 heteroatoms. The summed E-state index contributed by atoms with van der Waals surface area (Å²) in [6.45, 7) is 5.13. The lowest BCUT2D eigenvalue weighted by Crippen LogP contribution is -2.40. The lowest BCUT2D eigenvalue weighted by Gasteiger charge is -2.32. The number of hydrogen-bond acceptors (Lipinski definition) is 4. The number of nitrogens with zero attached hydrogens (tertiary/aromatic N) is 2. The van der Waals surface area contributed by atoms with Gasteiger partial charge in [0.05, 0.1) is 0 Å². The summed E-state index contributed by atoms with van der Waals surface area (Å²) in [6, 6.07) is 8.80. The fourth-order valence-corrected chi connectivity index (χ4v) is 3.41. The molecule has 1 atom stereocenters. The molecule has 0 spiro atoms. The number of rotatable bonds is 9. The van der Waals surface area contributed by atoms with Gasteiger partial charge in [-0.05, 0) is 51.2 Å². The van der Waals surface area contributed by atoms with Crippen LogP contribution in [0, 0.1) is 0 Å². The standard InChI is InChI=1S/C20H34N2O2/c1-4-21(2)14-17-9-8-12-20(13-17)24-16-19(23)15-22(3)18-10-6-5-7-11-18/h8-9,12-13,18-19,23H,4-7,10-11,14-16H2,1-3H3/t19-/m1/s1. The fourth-order valence-electron chi connectivity index (χ4n) is 3.41. The van der Waals surface area contributed by atoms with E-state index in [9.17, 15) is 5.11 Å². The van der Waals surface area contributed by atoms with E-state index in [0.717, 1.165) is 18.8 Å². The highest BCUT2D eigenvalue weighted by Crippen LogP contribution is 2.22. The van der Waals surface area contributed by atoms with Crippen molar-refractivity contribution >= 4 is 0 Å². The summed E-state index contributed by atoms with van der Waals surface area (Å²) < 4.78 is 5.82. The molecule has 1 aromatic carbocycles. The molecule has 0 amide bonds. The molecule has 1 N–H and O–H groups in total. The summed E-state index contributed by atoms with van der Waals surface area (Å²) >= 11 is 0. The Labute approximate surface area is 147 Å². The summed E-state index contributed by atoms with van der Waals surface area (Å²) in [6.07, 6.45) is 6.08. The highest BCUT2D eigenvalue weighted by atomic mass is 16.5. The Morgan fingerprint density at radius 2 is 1.96 bits per heavy atom. The van der Waals surface area contributed by atoms with Crippen molar-refractivity contribution in [3.8, 4) is 5.75 Å². The van der Waals surface area contributed by atoms with Crippen molar-refractivity contribution in [2.45, 2.75) is 57.7 Å². The molecule has 0 aromatic heterocycles. The third-order valence-electron chi connectivity index (χ3n) is 5.03. The number of aliphatic hydroxyl groups is 1. The van der Waals surface area contributed by atoms with Crippen molar-refractivity contribution in [2.75, 3.05) is 33.8 Å². The average Bonchev–Trinajstić information content (AvgIpc) is 2.61. The molecule has 0 unspecified atom stereocenters. The summed E-state index contributed by atoms with van der Waals surface area (Å²) in [5.74, 6) is 0.844. The molecule has 0 radical (unpaired) electrons. The minimum absolute atomic E-state index is 0.351. The van der Waals surface area contributed by atoms with Gasteiger partial charge in [0.25, 0.3) is 0 Å². The van der Waals surface area contributed by atoms with Gasteiger partial charge in [-0.25, -0.2) is 0 Å². The van der Waals surface area contributed by atoms with Gasteiger partial charge in [-0.3, -0.25) is 0 Å². The molecule has 1 fully saturated rings. The first-order valence-corrected chi connectivity index (χ1v) is 9.37. The van der Waals surface area contributed by atoms with Gasteiger partial charge >= 0.3 is 0 Å². The molecular formula is C20H34N2O2. The van der Waals surface area contributed by atoms with Gasteiger partial charge in [-0.15, -0.1) is 0 Å². The topological polar surface area (TPSA) is 35.9 Å². The molecule has 0 saturated heterocycles. The Kier molecular flexibility index (Phi) is 8.03. The van der Waals surface area contributed by atoms with Crippen LogP contribution in [0.5, 0.6) is 5.75 Å². The van der Waals surface area contributed by atoms with Crippen molar-refractivity contribution in [3.05, 3.63) is 29.8 Å². The van der Waals surface area contributed by atoms with E-state index in [2.05, 4.69) is 43.0 Å². The maximum absolute atomic E-state index is 10.3. The number of likely N-dealkylation sites (N-methyl/N-ethyl adjacent to an activating group) is 1. The van der Waals surface area contributed by atoms with Crippen LogP contribution in [0.4, 0.5) is 0 Å². The third-order valence-corrected chi connectivity index (χ3v) is 5.03. The minimum atomic E-state index is -0.445. The zero-order chi connectivity index (χ0) is 17.4. The summed E-state index contributed by atoms with van der Waals surface area (Å²) in [4.78, 5) is 4.56. The van der Waals surface area contributed by atoms with Crippen molar-refractivity contribution in [2.24, 2.45) is 0 Å². The average molecular weight is 335 g/mol. The van der Waals surface area contributed by atoms with E-state index in [1.54, 1.807) is 0 Å². The van der Waals surface area contributed by atoms with Crippen LogP contribution < -0.4 is 4.74 Å². The minimum Gasteiger partial charge on any atom is -0.491 e. The normalized spacial score (nSPS) is 17.4. The van der Waals surface area contributed by atoms with Crippen LogP contribution in [0.15, 0.2) is 24.3 Å². The van der Waals surface area contributed by atoms with Crippen LogP contribution in [0.2, 0.25) is 0 Å². The smallest absolute Gasteiger partial charge is 0.119 e. The summed E-state index contributed by atoms with van der Waals surface area (Å²) in [5.41, 5.74) is 1.24. The summed E-state index contributed by atoms with van der Waals surface area (Å²) in [7, 11) is 4.23. The SMILES string of the molecule is CCN(C)Cc1cccc(OC[C@H](O)CN(C)C2CCCCC2)c1. The van der Waals surface area contributed by atoms with Gasteiger partial charge in [0.1, 0.15) is 18.5 Å². The predicted molar refractivity (Wildman–Crippen MR) is 99.5 cm³/mol. The second-order valence-corrected chi connectivity index (χ2v) is 7.17. The van der Waals surface area contributed by atoms with Gasteiger partial charge in [-0.2, -0.15) is 0 Å². The quantitative estimate of drug-likeness (QED) is 0.753. The third kappa shape index (κ3) is 6.42. The van der Waals surface area contributed by atoms with Crippen LogP contribution in [-0.2, 0) is 6.54 Å². The van der Waals surface area contributed by atoms with Gasteiger partial charge in [-0.1, -0.05) is 38.3 Å². The van der Waals surface area contributed by atoms with Gasteiger partial charge < -0.3 is 19.6 Å². The van der Waals surface area contributed by atoms with Gasteiger partial charge in [0.15, 0.2) is 0 Å². The van der Waals surface area contributed by atoms with E-state index in [1.807, 2.05) is 12.1 Å². The van der Waals surface area contributed by atoms with Crippen LogP contribution in [0.1, 0.15) is 44.6 Å². The maximum Gasteiger partial charge on any atom is 0.119 e. The second kappa shape index (κ2) is 10.0. The molecule has 1 aliphatic rings. The molecule has 0 bridgehead atoms. The molecule has 136 valence electrons. The number of aliphatic hydroxyl groups excluding tert-OH is 1. The molecule has 0 heterocycles. The molecule has 1 saturated carbocycles. The zero-order valence-electron chi connectivity index (χ0n) is 15.6. The lowest BCUT2D eigenvalue weighted by molar-refractivity contribution is 0.0561. The van der Waals surface area contributed by atoms with Crippen LogP contribution in [0.25, 0.3) is 0 Å². The van der Waals surface area contributed by atoms with E-state index in [1.165, 1.54) is 37.7 Å². The zero-order valence-corrected chi connectivity index (χ0v) is 15.6. The first-order valence-electron chi connectivity index (χ1n) is 9.37. The number of benzene rings is 1. The van der Waals surface area contributed by atoms with Gasteiger partial charge in [0, 0.05) is 19.1 Å². The van der Waals surface area contributed by atoms with Crippen LogP contribution in [-0.4, -0.2) is 60.8 Å². The lowest BCUT2D eigenvalue weighted by atomic mass is 9.94.